The van der Waals surface area contributed by atoms with E-state index in [9.17, 15) is 0 Å². The number of nitrogens with two attached hydrogens (primary N) is 1. The van der Waals surface area contributed by atoms with Gasteiger partial charge in [0.25, 0.3) is 0 Å². The second kappa shape index (κ2) is 6.72. The zero-order chi connectivity index (χ0) is 12.9. The van der Waals surface area contributed by atoms with Crippen LogP contribution in [0.1, 0.15) is 46.5 Å². The lowest BCUT2D eigenvalue weighted by molar-refractivity contribution is -0.126. The van der Waals surface area contributed by atoms with Crippen molar-refractivity contribution in [3.05, 3.63) is 0 Å². The molecule has 0 saturated heterocycles. The minimum Gasteiger partial charge on any atom is -0.382 e. The van der Waals surface area contributed by atoms with Gasteiger partial charge in [0.2, 0.25) is 0 Å². The molecule has 0 aromatic rings. The van der Waals surface area contributed by atoms with Crippen LogP contribution in [-0.2, 0) is 9.47 Å². The molecule has 0 radical (unpaired) electrons. The highest BCUT2D eigenvalue weighted by atomic mass is 16.5. The summed E-state index contributed by atoms with van der Waals surface area (Å²) in [5.41, 5.74) is 5.84. The Hall–Kier alpha value is -0.120. The van der Waals surface area contributed by atoms with E-state index in [-0.39, 0.29) is 11.7 Å². The number of methoxy groups -OCH3 is 1. The fraction of sp³-hybridized carbons (Fsp3) is 1.00. The Balaban J connectivity index is 2.49. The van der Waals surface area contributed by atoms with Gasteiger partial charge in [-0.2, -0.15) is 0 Å². The normalized spacial score (nSPS) is 31.8. The van der Waals surface area contributed by atoms with Gasteiger partial charge >= 0.3 is 0 Å². The molecule has 1 aliphatic rings. The van der Waals surface area contributed by atoms with Crippen LogP contribution in [0.25, 0.3) is 0 Å². The number of ether oxygens (including phenoxy) is 2. The minimum absolute atomic E-state index is 0.0939. The van der Waals surface area contributed by atoms with E-state index in [1.54, 1.807) is 7.11 Å². The Labute approximate surface area is 106 Å². The molecule has 0 bridgehead atoms. The average molecular weight is 243 g/mol. The third kappa shape index (κ3) is 4.23. The van der Waals surface area contributed by atoms with Gasteiger partial charge in [-0.3, -0.25) is 0 Å². The molecule has 3 nitrogen and oxygen atoms in total. The van der Waals surface area contributed by atoms with Crippen LogP contribution in [-0.4, -0.2) is 32.0 Å². The molecule has 17 heavy (non-hydrogen) atoms. The van der Waals surface area contributed by atoms with Crippen LogP contribution >= 0.6 is 0 Å². The zero-order valence-electron chi connectivity index (χ0n) is 11.9. The van der Waals surface area contributed by atoms with Crippen molar-refractivity contribution in [3.8, 4) is 0 Å². The van der Waals surface area contributed by atoms with E-state index < -0.39 is 0 Å². The van der Waals surface area contributed by atoms with E-state index in [4.69, 9.17) is 15.2 Å². The highest BCUT2D eigenvalue weighted by Gasteiger charge is 2.37. The molecule has 2 N–H and O–H groups in total. The topological polar surface area (TPSA) is 44.5 Å². The lowest BCUT2D eigenvalue weighted by Crippen LogP contribution is -2.47. The summed E-state index contributed by atoms with van der Waals surface area (Å²) in [7, 11) is 1.71. The molecule has 0 amide bonds. The summed E-state index contributed by atoms with van der Waals surface area (Å²) in [5, 5.41) is 0. The second-order valence-electron chi connectivity index (χ2n) is 5.85. The molecule has 0 aromatic heterocycles. The third-order valence-corrected chi connectivity index (χ3v) is 4.11. The Morgan fingerprint density at radius 3 is 2.24 bits per heavy atom. The maximum Gasteiger partial charge on any atom is 0.0809 e. The van der Waals surface area contributed by atoms with Gasteiger partial charge in [-0.1, -0.05) is 13.8 Å². The van der Waals surface area contributed by atoms with E-state index in [1.807, 2.05) is 0 Å². The van der Waals surface area contributed by atoms with Crippen molar-refractivity contribution in [2.24, 2.45) is 17.6 Å². The fourth-order valence-electron chi connectivity index (χ4n) is 2.90. The van der Waals surface area contributed by atoms with Crippen molar-refractivity contribution in [1.29, 1.82) is 0 Å². The molecule has 3 heteroatoms. The van der Waals surface area contributed by atoms with Crippen LogP contribution in [0.3, 0.4) is 0 Å². The van der Waals surface area contributed by atoms with Crippen LogP contribution in [0.2, 0.25) is 0 Å². The predicted molar refractivity (Wildman–Crippen MR) is 71.0 cm³/mol. The molecule has 0 aromatic carbocycles. The van der Waals surface area contributed by atoms with Gasteiger partial charge in [-0.15, -0.1) is 0 Å². The quantitative estimate of drug-likeness (QED) is 0.780. The van der Waals surface area contributed by atoms with Crippen molar-refractivity contribution in [1.82, 2.24) is 0 Å². The molecule has 1 fully saturated rings. The maximum atomic E-state index is 6.15. The van der Waals surface area contributed by atoms with Crippen molar-refractivity contribution in [2.75, 3.05) is 20.3 Å². The highest BCUT2D eigenvalue weighted by Crippen LogP contribution is 2.38. The van der Waals surface area contributed by atoms with Crippen LogP contribution in [0.15, 0.2) is 0 Å². The van der Waals surface area contributed by atoms with Crippen LogP contribution in [0.4, 0.5) is 0 Å². The van der Waals surface area contributed by atoms with Crippen molar-refractivity contribution < 1.29 is 9.47 Å². The van der Waals surface area contributed by atoms with Gasteiger partial charge in [-0.05, 0) is 44.4 Å². The lowest BCUT2D eigenvalue weighted by atomic mass is 9.74. The van der Waals surface area contributed by atoms with Gasteiger partial charge in [0.1, 0.15) is 0 Å². The monoisotopic (exact) mass is 243 g/mol. The predicted octanol–water partition coefficient (Wildman–Crippen LogP) is 2.58. The number of hydrogen-bond donors (Lipinski definition) is 1. The summed E-state index contributed by atoms with van der Waals surface area (Å²) >= 11 is 0. The summed E-state index contributed by atoms with van der Waals surface area (Å²) in [4.78, 5) is 0. The SMILES string of the molecule is COCC(C)OC1(CN)CCC(C(C)C)CC1. The summed E-state index contributed by atoms with van der Waals surface area (Å²) in [5.74, 6) is 1.62. The Morgan fingerprint density at radius 1 is 1.24 bits per heavy atom. The Bertz CT molecular complexity index is 210. The molecule has 102 valence electrons. The smallest absolute Gasteiger partial charge is 0.0809 e. The summed E-state index contributed by atoms with van der Waals surface area (Å²) in [6.45, 7) is 7.97. The second-order valence-corrected chi connectivity index (χ2v) is 5.85. The highest BCUT2D eigenvalue weighted by molar-refractivity contribution is 4.89. The van der Waals surface area contributed by atoms with Gasteiger partial charge in [-0.25, -0.2) is 0 Å². The first-order chi connectivity index (χ1) is 8.03. The fourth-order valence-corrected chi connectivity index (χ4v) is 2.90. The van der Waals surface area contributed by atoms with Crippen LogP contribution < -0.4 is 5.73 Å². The average Bonchev–Trinajstić information content (AvgIpc) is 2.30. The molecule has 0 spiro atoms. The molecule has 1 aliphatic carbocycles. The molecular weight excluding hydrogens is 214 g/mol. The third-order valence-electron chi connectivity index (χ3n) is 4.11. The van der Waals surface area contributed by atoms with Crippen molar-refractivity contribution >= 4 is 0 Å². The first-order valence-electron chi connectivity index (χ1n) is 6.90. The van der Waals surface area contributed by atoms with Crippen molar-refractivity contribution in [3.63, 3.8) is 0 Å². The lowest BCUT2D eigenvalue weighted by Gasteiger charge is -2.42. The first kappa shape index (κ1) is 14.9. The van der Waals surface area contributed by atoms with E-state index in [1.165, 1.54) is 12.8 Å². The first-order valence-corrected chi connectivity index (χ1v) is 6.90. The molecule has 0 aliphatic heterocycles. The van der Waals surface area contributed by atoms with E-state index in [0.29, 0.717) is 13.2 Å². The van der Waals surface area contributed by atoms with Gasteiger partial charge < -0.3 is 15.2 Å². The molecule has 1 atom stereocenters. The summed E-state index contributed by atoms with van der Waals surface area (Å²) in [6, 6.07) is 0. The molecule has 1 unspecified atom stereocenters. The summed E-state index contributed by atoms with van der Waals surface area (Å²) < 4.78 is 11.3. The maximum absolute atomic E-state index is 6.15. The van der Waals surface area contributed by atoms with Crippen molar-refractivity contribution in [2.45, 2.75) is 58.2 Å². The molecule has 1 saturated carbocycles. The molecule has 0 heterocycles. The standard InChI is InChI=1S/C14H29NO2/c1-11(2)13-5-7-14(10-15,8-6-13)17-12(3)9-16-4/h11-13H,5-10,15H2,1-4H3. The number of rotatable bonds is 6. The summed E-state index contributed by atoms with van der Waals surface area (Å²) in [6.07, 6.45) is 4.82. The zero-order valence-corrected chi connectivity index (χ0v) is 11.9. The molecule has 1 rings (SSSR count). The molecular formula is C14H29NO2. The van der Waals surface area contributed by atoms with E-state index >= 15 is 0 Å². The van der Waals surface area contributed by atoms with Crippen LogP contribution in [0, 0.1) is 11.8 Å². The van der Waals surface area contributed by atoms with Gasteiger partial charge in [0.15, 0.2) is 0 Å². The Morgan fingerprint density at radius 2 is 1.82 bits per heavy atom. The van der Waals surface area contributed by atoms with Gasteiger partial charge in [0.05, 0.1) is 18.3 Å². The van der Waals surface area contributed by atoms with Crippen LogP contribution in [0.5, 0.6) is 0 Å². The Kier molecular flexibility index (Phi) is 5.90. The number of hydrogen-bond acceptors (Lipinski definition) is 3. The van der Waals surface area contributed by atoms with E-state index in [0.717, 1.165) is 24.7 Å². The minimum atomic E-state index is -0.0939. The van der Waals surface area contributed by atoms with E-state index in [2.05, 4.69) is 20.8 Å². The largest absolute Gasteiger partial charge is 0.382 e. The van der Waals surface area contributed by atoms with Gasteiger partial charge in [0, 0.05) is 13.7 Å².